The van der Waals surface area contributed by atoms with Crippen molar-refractivity contribution in [1.29, 1.82) is 0 Å². The Morgan fingerprint density at radius 3 is 2.65 bits per heavy atom. The number of halogens is 2. The Labute approximate surface area is 102 Å². The second-order valence-electron chi connectivity index (χ2n) is 4.27. The van der Waals surface area contributed by atoms with Gasteiger partial charge >= 0.3 is 5.69 Å². The molecular formula is C10H12ClFN2O3. The number of nitro groups is 1. The average molecular weight is 263 g/mol. The van der Waals surface area contributed by atoms with Crippen LogP contribution in [0.3, 0.4) is 0 Å². The number of nitrogens with two attached hydrogens (primary N) is 1. The number of hydrogen-bond acceptors (Lipinski definition) is 4. The normalized spacial score (nSPS) is 11.4. The zero-order chi connectivity index (χ0) is 13.2. The highest BCUT2D eigenvalue weighted by Crippen LogP contribution is 2.32. The van der Waals surface area contributed by atoms with Gasteiger partial charge in [0.1, 0.15) is 12.4 Å². The molecule has 0 aromatic heterocycles. The van der Waals surface area contributed by atoms with Gasteiger partial charge in [0.05, 0.1) is 9.95 Å². The van der Waals surface area contributed by atoms with Crippen LogP contribution in [-0.2, 0) is 0 Å². The molecule has 7 heteroatoms. The van der Waals surface area contributed by atoms with Crippen molar-refractivity contribution in [3.8, 4) is 5.75 Å². The number of ether oxygens (including phenoxy) is 1. The standard InChI is InChI=1S/C10H12ClFN2O3/c1-10(2,13)5-17-9-4-7(12)6(11)3-8(9)14(15)16/h3-4H,5,13H2,1-2H3. The quantitative estimate of drug-likeness (QED) is 0.668. The SMILES string of the molecule is CC(C)(N)COc1cc(F)c(Cl)cc1[N+](=O)[O-]. The fourth-order valence-electron chi connectivity index (χ4n) is 1.04. The molecule has 0 aliphatic carbocycles. The highest BCUT2D eigenvalue weighted by molar-refractivity contribution is 6.31. The maximum Gasteiger partial charge on any atom is 0.312 e. The van der Waals surface area contributed by atoms with Crippen molar-refractivity contribution < 1.29 is 14.1 Å². The van der Waals surface area contributed by atoms with Gasteiger partial charge in [-0.05, 0) is 13.8 Å². The molecule has 0 unspecified atom stereocenters. The van der Waals surface area contributed by atoms with Crippen LogP contribution in [0.25, 0.3) is 0 Å². The molecule has 5 nitrogen and oxygen atoms in total. The molecule has 0 fully saturated rings. The molecule has 2 N–H and O–H groups in total. The van der Waals surface area contributed by atoms with Gasteiger partial charge in [-0.15, -0.1) is 0 Å². The number of benzene rings is 1. The van der Waals surface area contributed by atoms with Crippen molar-refractivity contribution in [2.24, 2.45) is 5.73 Å². The number of rotatable bonds is 4. The molecule has 0 spiro atoms. The first-order valence-corrected chi connectivity index (χ1v) is 5.13. The molecule has 0 atom stereocenters. The molecule has 94 valence electrons. The molecule has 0 radical (unpaired) electrons. The average Bonchev–Trinajstić information content (AvgIpc) is 2.17. The van der Waals surface area contributed by atoms with Gasteiger partial charge in [0.25, 0.3) is 0 Å². The molecule has 0 bridgehead atoms. The van der Waals surface area contributed by atoms with Crippen LogP contribution >= 0.6 is 11.6 Å². The predicted molar refractivity (Wildman–Crippen MR) is 61.8 cm³/mol. The van der Waals surface area contributed by atoms with Gasteiger partial charge in [-0.25, -0.2) is 4.39 Å². The van der Waals surface area contributed by atoms with Crippen LogP contribution in [0.15, 0.2) is 12.1 Å². The molecule has 1 aromatic carbocycles. The van der Waals surface area contributed by atoms with Crippen molar-refractivity contribution in [3.05, 3.63) is 33.1 Å². The topological polar surface area (TPSA) is 78.4 Å². The summed E-state index contributed by atoms with van der Waals surface area (Å²) in [5, 5.41) is 10.4. The van der Waals surface area contributed by atoms with Gasteiger partial charge in [-0.3, -0.25) is 10.1 Å². The van der Waals surface area contributed by atoms with Crippen molar-refractivity contribution in [2.45, 2.75) is 19.4 Å². The third-order valence-corrected chi connectivity index (χ3v) is 2.09. The molecule has 0 heterocycles. The first-order valence-electron chi connectivity index (χ1n) is 4.76. The minimum Gasteiger partial charge on any atom is -0.485 e. The van der Waals surface area contributed by atoms with E-state index in [4.69, 9.17) is 22.1 Å². The fraction of sp³-hybridized carbons (Fsp3) is 0.400. The van der Waals surface area contributed by atoms with Crippen molar-refractivity contribution in [1.82, 2.24) is 0 Å². The molecule has 1 rings (SSSR count). The molecule has 0 aliphatic heterocycles. The van der Waals surface area contributed by atoms with E-state index in [-0.39, 0.29) is 23.1 Å². The maximum absolute atomic E-state index is 13.2. The summed E-state index contributed by atoms with van der Waals surface area (Å²) in [6, 6.07) is 1.79. The van der Waals surface area contributed by atoms with Crippen LogP contribution in [0.1, 0.15) is 13.8 Å². The summed E-state index contributed by atoms with van der Waals surface area (Å²) in [5.74, 6) is -0.961. The third-order valence-electron chi connectivity index (χ3n) is 1.80. The second kappa shape index (κ2) is 4.85. The highest BCUT2D eigenvalue weighted by atomic mass is 35.5. The number of nitrogens with zero attached hydrogens (tertiary/aromatic N) is 1. The molecule has 17 heavy (non-hydrogen) atoms. The summed E-state index contributed by atoms with van der Waals surface area (Å²) in [6.45, 7) is 3.39. The van der Waals surface area contributed by atoms with Gasteiger partial charge in [-0.1, -0.05) is 11.6 Å². The zero-order valence-electron chi connectivity index (χ0n) is 9.37. The Morgan fingerprint density at radius 2 is 2.18 bits per heavy atom. The fourth-order valence-corrected chi connectivity index (χ4v) is 1.20. The summed E-state index contributed by atoms with van der Waals surface area (Å²) in [6.07, 6.45) is 0. The van der Waals surface area contributed by atoms with Gasteiger partial charge in [0.15, 0.2) is 5.75 Å². The van der Waals surface area contributed by atoms with E-state index in [0.29, 0.717) is 0 Å². The van der Waals surface area contributed by atoms with Crippen molar-refractivity contribution >= 4 is 17.3 Å². The second-order valence-corrected chi connectivity index (χ2v) is 4.68. The lowest BCUT2D eigenvalue weighted by molar-refractivity contribution is -0.385. The van der Waals surface area contributed by atoms with Crippen LogP contribution in [0.2, 0.25) is 5.02 Å². The van der Waals surface area contributed by atoms with Gasteiger partial charge in [0.2, 0.25) is 0 Å². The van der Waals surface area contributed by atoms with Gasteiger partial charge in [-0.2, -0.15) is 0 Å². The smallest absolute Gasteiger partial charge is 0.312 e. The van der Waals surface area contributed by atoms with E-state index in [1.165, 1.54) is 0 Å². The van der Waals surface area contributed by atoms with E-state index in [2.05, 4.69) is 0 Å². The maximum atomic E-state index is 13.2. The van der Waals surface area contributed by atoms with E-state index in [1.54, 1.807) is 13.8 Å². The summed E-state index contributed by atoms with van der Waals surface area (Å²) in [7, 11) is 0. The van der Waals surface area contributed by atoms with Gasteiger partial charge in [0, 0.05) is 17.7 Å². The highest BCUT2D eigenvalue weighted by Gasteiger charge is 2.21. The zero-order valence-corrected chi connectivity index (χ0v) is 10.1. The van der Waals surface area contributed by atoms with E-state index < -0.39 is 16.3 Å². The lowest BCUT2D eigenvalue weighted by Crippen LogP contribution is -2.38. The Bertz CT molecular complexity index is 446. The summed E-state index contributed by atoms with van der Waals surface area (Å²) in [5.41, 5.74) is 4.60. The molecular weight excluding hydrogens is 251 g/mol. The molecule has 1 aromatic rings. The van der Waals surface area contributed by atoms with Crippen molar-refractivity contribution in [3.63, 3.8) is 0 Å². The van der Waals surface area contributed by atoms with Crippen LogP contribution in [-0.4, -0.2) is 17.1 Å². The Kier molecular flexibility index (Phi) is 3.90. The van der Waals surface area contributed by atoms with Crippen molar-refractivity contribution in [2.75, 3.05) is 6.61 Å². The monoisotopic (exact) mass is 262 g/mol. The first-order chi connectivity index (χ1) is 7.70. The molecule has 0 amide bonds. The Balaban J connectivity index is 3.05. The van der Waals surface area contributed by atoms with E-state index in [0.717, 1.165) is 12.1 Å². The Morgan fingerprint density at radius 1 is 1.59 bits per heavy atom. The minimum atomic E-state index is -0.776. The minimum absolute atomic E-state index is 0.0227. The van der Waals surface area contributed by atoms with E-state index in [9.17, 15) is 14.5 Å². The summed E-state index contributed by atoms with van der Waals surface area (Å²) >= 11 is 5.46. The summed E-state index contributed by atoms with van der Waals surface area (Å²) in [4.78, 5) is 10.0. The largest absolute Gasteiger partial charge is 0.485 e. The first kappa shape index (κ1) is 13.7. The summed E-state index contributed by atoms with van der Waals surface area (Å²) < 4.78 is 18.3. The number of hydrogen-bond donors (Lipinski definition) is 1. The van der Waals surface area contributed by atoms with Crippen LogP contribution < -0.4 is 10.5 Å². The van der Waals surface area contributed by atoms with Gasteiger partial charge < -0.3 is 10.5 Å². The number of nitro benzene ring substituents is 1. The third kappa shape index (κ3) is 3.83. The van der Waals surface area contributed by atoms with Crippen LogP contribution in [0, 0.1) is 15.9 Å². The lowest BCUT2D eigenvalue weighted by atomic mass is 10.1. The Hall–Kier alpha value is -1.40. The lowest BCUT2D eigenvalue weighted by Gasteiger charge is -2.18. The molecule has 0 saturated heterocycles. The van der Waals surface area contributed by atoms with Crippen LogP contribution in [0.5, 0.6) is 5.75 Å². The molecule has 0 saturated carbocycles. The van der Waals surface area contributed by atoms with Crippen LogP contribution in [0.4, 0.5) is 10.1 Å². The molecule has 0 aliphatic rings. The van der Waals surface area contributed by atoms with E-state index >= 15 is 0 Å². The van der Waals surface area contributed by atoms with E-state index in [1.807, 2.05) is 0 Å². The predicted octanol–water partition coefficient (Wildman–Crippen LogP) is 2.50.